The Kier molecular flexibility index (Phi) is 9.60. The number of carbonyl (C=O) groups excluding carboxylic acids is 2. The maximum Gasteiger partial charge on any atom is 0.308 e. The number of morpholine rings is 1. The first-order chi connectivity index (χ1) is 18.6. The minimum absolute atomic E-state index is 0.0914. The van der Waals surface area contributed by atoms with Gasteiger partial charge in [0.15, 0.2) is 0 Å². The van der Waals surface area contributed by atoms with Gasteiger partial charge in [0.2, 0.25) is 10.0 Å². The molecule has 0 radical (unpaired) electrons. The van der Waals surface area contributed by atoms with Gasteiger partial charge in [-0.1, -0.05) is 54.4 Å². The summed E-state index contributed by atoms with van der Waals surface area (Å²) >= 11 is 12.5. The van der Waals surface area contributed by atoms with Crippen molar-refractivity contribution >= 4 is 45.1 Å². The second kappa shape index (κ2) is 12.6. The van der Waals surface area contributed by atoms with E-state index >= 15 is 0 Å². The number of carbonyl (C=O) groups is 2. The fourth-order valence-corrected chi connectivity index (χ4v) is 7.99. The summed E-state index contributed by atoms with van der Waals surface area (Å²) in [5.74, 6) is -1.30. The molecule has 0 N–H and O–H groups in total. The van der Waals surface area contributed by atoms with E-state index < -0.39 is 46.2 Å². The number of methoxy groups -OCH3 is 1. The number of amides is 1. The summed E-state index contributed by atoms with van der Waals surface area (Å²) in [5.41, 5.74) is 1.42. The van der Waals surface area contributed by atoms with Crippen LogP contribution in [0.15, 0.2) is 48.5 Å². The smallest absolute Gasteiger partial charge is 0.308 e. The summed E-state index contributed by atoms with van der Waals surface area (Å²) in [6.07, 6.45) is -0.212. The summed E-state index contributed by atoms with van der Waals surface area (Å²) in [5, 5.41) is 1.01. The highest BCUT2D eigenvalue weighted by Crippen LogP contribution is 2.45. The van der Waals surface area contributed by atoms with Crippen LogP contribution in [0.4, 0.5) is 0 Å². The van der Waals surface area contributed by atoms with Gasteiger partial charge in [-0.25, -0.2) is 8.42 Å². The third kappa shape index (κ3) is 6.60. The normalized spacial score (nSPS) is 25.1. The monoisotopic (exact) mass is 596 g/mol. The summed E-state index contributed by atoms with van der Waals surface area (Å²) in [6, 6.07) is 12.7. The molecule has 0 spiro atoms. The van der Waals surface area contributed by atoms with E-state index in [1.54, 1.807) is 47.4 Å². The molecule has 5 atom stereocenters. The van der Waals surface area contributed by atoms with E-state index in [1.165, 1.54) is 11.4 Å². The van der Waals surface area contributed by atoms with Gasteiger partial charge in [0.1, 0.15) is 12.2 Å². The maximum absolute atomic E-state index is 14.1. The molecular formula is C28H34Cl2N2O6S. The third-order valence-electron chi connectivity index (χ3n) is 7.51. The first-order valence-corrected chi connectivity index (χ1v) is 15.5. The zero-order chi connectivity index (χ0) is 28.3. The molecule has 1 amide bonds. The van der Waals surface area contributed by atoms with Gasteiger partial charge >= 0.3 is 5.97 Å². The fourth-order valence-electron chi connectivity index (χ4n) is 5.53. The Morgan fingerprint density at radius 3 is 2.44 bits per heavy atom. The van der Waals surface area contributed by atoms with Gasteiger partial charge in [0, 0.05) is 28.7 Å². The SMILES string of the molecule is CC[C@@H](CS(=O)(=O)N1CCC[C@@H]1C)N1C(=O)C(CC(=O)OC)O[C@H](c2cccc(Cl)c2)[C@H]1c1ccc(Cl)cc1. The Hall–Kier alpha value is -2.17. The minimum atomic E-state index is -3.67. The number of hydrogen-bond donors (Lipinski definition) is 0. The topological polar surface area (TPSA) is 93.2 Å². The molecule has 8 nitrogen and oxygen atoms in total. The second-order valence-corrected chi connectivity index (χ2v) is 12.9. The molecule has 2 aromatic carbocycles. The van der Waals surface area contributed by atoms with Crippen molar-refractivity contribution in [1.82, 2.24) is 9.21 Å². The summed E-state index contributed by atoms with van der Waals surface area (Å²) in [4.78, 5) is 28.0. The molecule has 212 valence electrons. The van der Waals surface area contributed by atoms with E-state index in [1.807, 2.05) is 19.9 Å². The van der Waals surface area contributed by atoms with Gasteiger partial charge in [-0.15, -0.1) is 0 Å². The van der Waals surface area contributed by atoms with Gasteiger partial charge in [-0.3, -0.25) is 9.59 Å². The Balaban J connectivity index is 1.83. The molecule has 2 aromatic rings. The van der Waals surface area contributed by atoms with Crippen molar-refractivity contribution < 1.29 is 27.5 Å². The highest BCUT2D eigenvalue weighted by atomic mass is 35.5. The van der Waals surface area contributed by atoms with Crippen LogP contribution in [-0.2, 0) is 29.1 Å². The standard InChI is InChI=1S/C28H34Cl2N2O6S/c1-4-23(17-39(35,36)31-14-6-7-18(31)2)32-26(19-10-12-21(29)13-11-19)27(20-8-5-9-22(30)15-20)38-24(28(32)34)16-25(33)37-3/h5,8-13,15,18,23-24,26-27H,4,6-7,14,16-17H2,1-3H3/t18-,23-,24?,26+,27+/m0/s1. The molecule has 2 aliphatic heterocycles. The molecular weight excluding hydrogens is 563 g/mol. The van der Waals surface area contributed by atoms with Gasteiger partial charge in [-0.2, -0.15) is 4.31 Å². The van der Waals surface area contributed by atoms with E-state index in [-0.39, 0.29) is 18.2 Å². The highest BCUT2D eigenvalue weighted by Gasteiger charge is 2.48. The average Bonchev–Trinajstić information content (AvgIpc) is 3.35. The molecule has 2 heterocycles. The minimum Gasteiger partial charge on any atom is -0.469 e. The number of nitrogens with zero attached hydrogens (tertiary/aromatic N) is 2. The average molecular weight is 598 g/mol. The van der Waals surface area contributed by atoms with Crippen LogP contribution in [0.2, 0.25) is 10.0 Å². The molecule has 2 aliphatic rings. The summed E-state index contributed by atoms with van der Waals surface area (Å²) < 4.78 is 39.9. The van der Waals surface area contributed by atoms with Gasteiger partial charge in [-0.05, 0) is 61.6 Å². The van der Waals surface area contributed by atoms with Crippen LogP contribution in [0.3, 0.4) is 0 Å². The lowest BCUT2D eigenvalue weighted by Gasteiger charge is -2.48. The largest absolute Gasteiger partial charge is 0.469 e. The van der Waals surface area contributed by atoms with Crippen molar-refractivity contribution in [3.8, 4) is 0 Å². The van der Waals surface area contributed by atoms with Gasteiger partial charge in [0.25, 0.3) is 5.91 Å². The number of sulfonamides is 1. The molecule has 11 heteroatoms. The van der Waals surface area contributed by atoms with Crippen LogP contribution in [0.5, 0.6) is 0 Å². The molecule has 4 rings (SSSR count). The predicted octanol–water partition coefficient (Wildman–Crippen LogP) is 5.16. The van der Waals surface area contributed by atoms with Crippen molar-refractivity contribution in [3.63, 3.8) is 0 Å². The number of halogens is 2. The van der Waals surface area contributed by atoms with E-state index in [9.17, 15) is 18.0 Å². The Labute approximate surface area is 240 Å². The number of rotatable bonds is 9. The summed E-state index contributed by atoms with van der Waals surface area (Å²) in [6.45, 7) is 4.23. The van der Waals surface area contributed by atoms with Crippen molar-refractivity contribution in [2.75, 3.05) is 19.4 Å². The van der Waals surface area contributed by atoms with Crippen molar-refractivity contribution in [1.29, 1.82) is 0 Å². The molecule has 0 saturated carbocycles. The molecule has 1 unspecified atom stereocenters. The van der Waals surface area contributed by atoms with Crippen LogP contribution >= 0.6 is 23.2 Å². The third-order valence-corrected chi connectivity index (χ3v) is 10.1. The fraction of sp³-hybridized carbons (Fsp3) is 0.500. The highest BCUT2D eigenvalue weighted by molar-refractivity contribution is 7.89. The first kappa shape index (κ1) is 29.8. The van der Waals surface area contributed by atoms with E-state index in [2.05, 4.69) is 0 Å². The van der Waals surface area contributed by atoms with Gasteiger partial charge in [0.05, 0.1) is 25.3 Å². The van der Waals surface area contributed by atoms with E-state index in [0.717, 1.165) is 18.4 Å². The molecule has 0 bridgehead atoms. The van der Waals surface area contributed by atoms with Crippen LogP contribution in [-0.4, -0.2) is 67.1 Å². The molecule has 0 aliphatic carbocycles. The van der Waals surface area contributed by atoms with Crippen LogP contribution < -0.4 is 0 Å². The molecule has 2 saturated heterocycles. The van der Waals surface area contributed by atoms with Gasteiger partial charge < -0.3 is 14.4 Å². The number of esters is 1. The van der Waals surface area contributed by atoms with Crippen LogP contribution in [0.1, 0.15) is 62.8 Å². The lowest BCUT2D eigenvalue weighted by Crippen LogP contribution is -2.57. The van der Waals surface area contributed by atoms with Crippen LogP contribution in [0.25, 0.3) is 0 Å². The molecule has 0 aromatic heterocycles. The van der Waals surface area contributed by atoms with Crippen molar-refractivity contribution in [2.24, 2.45) is 0 Å². The lowest BCUT2D eigenvalue weighted by molar-refractivity contribution is -0.183. The van der Waals surface area contributed by atoms with Crippen LogP contribution in [0, 0.1) is 0 Å². The molecule has 39 heavy (non-hydrogen) atoms. The Bertz CT molecular complexity index is 1290. The number of hydrogen-bond acceptors (Lipinski definition) is 6. The van der Waals surface area contributed by atoms with E-state index in [4.69, 9.17) is 32.7 Å². The quantitative estimate of drug-likeness (QED) is 0.371. The zero-order valence-electron chi connectivity index (χ0n) is 22.3. The number of benzene rings is 2. The van der Waals surface area contributed by atoms with Crippen molar-refractivity contribution in [2.45, 2.75) is 69.9 Å². The zero-order valence-corrected chi connectivity index (χ0v) is 24.6. The summed E-state index contributed by atoms with van der Waals surface area (Å²) in [7, 11) is -2.43. The maximum atomic E-state index is 14.1. The number of ether oxygens (including phenoxy) is 2. The first-order valence-electron chi connectivity index (χ1n) is 13.1. The lowest BCUT2D eigenvalue weighted by atomic mass is 9.89. The van der Waals surface area contributed by atoms with E-state index in [0.29, 0.717) is 28.6 Å². The Morgan fingerprint density at radius 2 is 1.85 bits per heavy atom. The molecule has 2 fully saturated rings. The second-order valence-electron chi connectivity index (χ2n) is 10.1. The predicted molar refractivity (Wildman–Crippen MR) is 150 cm³/mol. The van der Waals surface area contributed by atoms with Crippen molar-refractivity contribution in [3.05, 3.63) is 69.7 Å². The Morgan fingerprint density at radius 1 is 1.13 bits per heavy atom.